The Labute approximate surface area is 120 Å². The summed E-state index contributed by atoms with van der Waals surface area (Å²) in [7, 11) is -3.89. The normalized spacial score (nSPS) is 11.1. The lowest BCUT2D eigenvalue weighted by Crippen LogP contribution is -2.15. The van der Waals surface area contributed by atoms with Gasteiger partial charge in [0.15, 0.2) is 0 Å². The van der Waals surface area contributed by atoms with Gasteiger partial charge in [0, 0.05) is 5.02 Å². The maximum Gasteiger partial charge on any atom is 0.337 e. The molecule has 0 fully saturated rings. The zero-order valence-electron chi connectivity index (χ0n) is 10.1. The second-order valence-corrected chi connectivity index (χ2v) is 6.03. The third kappa shape index (κ3) is 3.09. The molecule has 20 heavy (non-hydrogen) atoms. The number of carbonyl (C=O) groups is 1. The molecule has 0 saturated carbocycles. The Morgan fingerprint density at radius 1 is 1.10 bits per heavy atom. The molecule has 0 unspecified atom stereocenters. The molecule has 2 aromatic rings. The number of hydrogen-bond donors (Lipinski definition) is 2. The molecule has 0 radical (unpaired) electrons. The summed E-state index contributed by atoms with van der Waals surface area (Å²) in [5.74, 6) is -1.21. The molecule has 7 heteroatoms. The van der Waals surface area contributed by atoms with Gasteiger partial charge in [-0.1, -0.05) is 29.8 Å². The topological polar surface area (TPSA) is 83.5 Å². The molecule has 2 N–H and O–H groups in total. The van der Waals surface area contributed by atoms with Gasteiger partial charge in [-0.3, -0.25) is 4.72 Å². The van der Waals surface area contributed by atoms with Gasteiger partial charge in [0.1, 0.15) is 0 Å². The van der Waals surface area contributed by atoms with E-state index in [1.165, 1.54) is 36.4 Å². The number of rotatable bonds is 4. The Kier molecular flexibility index (Phi) is 3.96. The molecule has 0 aliphatic rings. The van der Waals surface area contributed by atoms with E-state index in [-0.39, 0.29) is 21.2 Å². The first-order valence-electron chi connectivity index (χ1n) is 5.51. The molecule has 0 aliphatic heterocycles. The first kappa shape index (κ1) is 14.4. The van der Waals surface area contributed by atoms with Crippen molar-refractivity contribution in [3.8, 4) is 0 Å². The minimum atomic E-state index is -3.89. The van der Waals surface area contributed by atoms with Gasteiger partial charge in [-0.15, -0.1) is 0 Å². The van der Waals surface area contributed by atoms with Gasteiger partial charge < -0.3 is 5.11 Å². The molecule has 0 saturated heterocycles. The van der Waals surface area contributed by atoms with E-state index in [4.69, 9.17) is 16.7 Å². The summed E-state index contributed by atoms with van der Waals surface area (Å²) in [5.41, 5.74) is -0.127. The van der Waals surface area contributed by atoms with Crippen molar-refractivity contribution >= 4 is 33.3 Å². The van der Waals surface area contributed by atoms with Gasteiger partial charge in [-0.25, -0.2) is 13.2 Å². The van der Waals surface area contributed by atoms with Crippen molar-refractivity contribution in [2.75, 3.05) is 4.72 Å². The van der Waals surface area contributed by atoms with Crippen LogP contribution in [0.3, 0.4) is 0 Å². The Bertz CT molecular complexity index is 758. The number of hydrogen-bond acceptors (Lipinski definition) is 3. The Hall–Kier alpha value is -2.05. The standard InChI is InChI=1S/C13H10ClNO4S/c14-9-4-3-5-10(8-9)20(18,19)15-12-7-2-1-6-11(12)13(16)17/h1-8,15H,(H,16,17). The van der Waals surface area contributed by atoms with Crippen molar-refractivity contribution in [3.63, 3.8) is 0 Å². The summed E-state index contributed by atoms with van der Waals surface area (Å²) in [6.45, 7) is 0. The highest BCUT2D eigenvalue weighted by Crippen LogP contribution is 2.21. The van der Waals surface area contributed by atoms with E-state index in [0.29, 0.717) is 0 Å². The van der Waals surface area contributed by atoms with Gasteiger partial charge in [-0.2, -0.15) is 0 Å². The largest absolute Gasteiger partial charge is 0.478 e. The molecule has 0 aromatic heterocycles. The fourth-order valence-electron chi connectivity index (χ4n) is 1.60. The Morgan fingerprint density at radius 2 is 1.80 bits per heavy atom. The van der Waals surface area contributed by atoms with E-state index in [9.17, 15) is 13.2 Å². The van der Waals surface area contributed by atoms with Gasteiger partial charge in [-0.05, 0) is 30.3 Å². The lowest BCUT2D eigenvalue weighted by Gasteiger charge is -2.10. The SMILES string of the molecule is O=C(O)c1ccccc1NS(=O)(=O)c1cccc(Cl)c1. The Balaban J connectivity index is 2.41. The van der Waals surface area contributed by atoms with Crippen LogP contribution in [0, 0.1) is 0 Å². The van der Waals surface area contributed by atoms with Crippen LogP contribution in [0.5, 0.6) is 0 Å². The highest BCUT2D eigenvalue weighted by atomic mass is 35.5. The van der Waals surface area contributed by atoms with Gasteiger partial charge >= 0.3 is 5.97 Å². The quantitative estimate of drug-likeness (QED) is 0.909. The van der Waals surface area contributed by atoms with E-state index in [2.05, 4.69) is 4.72 Å². The number of anilines is 1. The molecule has 0 atom stereocenters. The zero-order valence-corrected chi connectivity index (χ0v) is 11.6. The van der Waals surface area contributed by atoms with Crippen LogP contribution in [0.25, 0.3) is 0 Å². The second kappa shape index (κ2) is 5.52. The maximum atomic E-state index is 12.2. The maximum absolute atomic E-state index is 12.2. The van der Waals surface area contributed by atoms with Crippen LogP contribution in [-0.2, 0) is 10.0 Å². The van der Waals surface area contributed by atoms with Gasteiger partial charge in [0.2, 0.25) is 0 Å². The van der Waals surface area contributed by atoms with Crippen molar-refractivity contribution in [2.24, 2.45) is 0 Å². The summed E-state index contributed by atoms with van der Waals surface area (Å²) >= 11 is 5.75. The highest BCUT2D eigenvalue weighted by Gasteiger charge is 2.18. The van der Waals surface area contributed by atoms with Crippen molar-refractivity contribution in [3.05, 3.63) is 59.1 Å². The van der Waals surface area contributed by atoms with Crippen molar-refractivity contribution in [1.29, 1.82) is 0 Å². The van der Waals surface area contributed by atoms with Crippen molar-refractivity contribution in [2.45, 2.75) is 4.90 Å². The summed E-state index contributed by atoms with van der Waals surface area (Å²) in [4.78, 5) is 11.0. The monoisotopic (exact) mass is 311 g/mol. The molecule has 0 bridgehead atoms. The van der Waals surface area contributed by atoms with E-state index in [0.717, 1.165) is 0 Å². The first-order chi connectivity index (χ1) is 9.40. The highest BCUT2D eigenvalue weighted by molar-refractivity contribution is 7.92. The molecule has 0 aliphatic carbocycles. The van der Waals surface area contributed by atoms with E-state index >= 15 is 0 Å². The molecule has 2 aromatic carbocycles. The van der Waals surface area contributed by atoms with Crippen LogP contribution in [0.15, 0.2) is 53.4 Å². The number of benzene rings is 2. The number of halogens is 1. The van der Waals surface area contributed by atoms with Crippen LogP contribution in [0.2, 0.25) is 5.02 Å². The van der Waals surface area contributed by atoms with Gasteiger partial charge in [0.05, 0.1) is 16.1 Å². The molecule has 0 heterocycles. The summed E-state index contributed by atoms with van der Waals surface area (Å²) in [6, 6.07) is 11.5. The number of carboxylic acids is 1. The minimum absolute atomic E-state index is 0.0000227. The molecular formula is C13H10ClNO4S. The van der Waals surface area contributed by atoms with Crippen LogP contribution in [0.1, 0.15) is 10.4 Å². The van der Waals surface area contributed by atoms with Crippen LogP contribution < -0.4 is 4.72 Å². The number of nitrogens with one attached hydrogen (secondary N) is 1. The molecule has 0 spiro atoms. The average molecular weight is 312 g/mol. The van der Waals surface area contributed by atoms with E-state index in [1.54, 1.807) is 12.1 Å². The minimum Gasteiger partial charge on any atom is -0.478 e. The number of sulfonamides is 1. The number of para-hydroxylation sites is 1. The van der Waals surface area contributed by atoms with Crippen LogP contribution in [-0.4, -0.2) is 19.5 Å². The Morgan fingerprint density at radius 3 is 2.45 bits per heavy atom. The zero-order chi connectivity index (χ0) is 14.8. The number of carboxylic acid groups (broad SMARTS) is 1. The molecule has 104 valence electrons. The molecular weight excluding hydrogens is 302 g/mol. The fourth-order valence-corrected chi connectivity index (χ4v) is 2.98. The van der Waals surface area contributed by atoms with Gasteiger partial charge in [0.25, 0.3) is 10.0 Å². The number of aromatic carboxylic acids is 1. The van der Waals surface area contributed by atoms with E-state index < -0.39 is 16.0 Å². The molecule has 5 nitrogen and oxygen atoms in total. The van der Waals surface area contributed by atoms with Crippen molar-refractivity contribution in [1.82, 2.24) is 0 Å². The smallest absolute Gasteiger partial charge is 0.337 e. The van der Waals surface area contributed by atoms with E-state index in [1.807, 2.05) is 0 Å². The molecule has 2 rings (SSSR count). The lowest BCUT2D eigenvalue weighted by molar-refractivity contribution is 0.0698. The molecule has 0 amide bonds. The summed E-state index contributed by atoms with van der Waals surface area (Å²) < 4.78 is 26.6. The predicted molar refractivity (Wildman–Crippen MR) is 75.7 cm³/mol. The second-order valence-electron chi connectivity index (χ2n) is 3.91. The first-order valence-corrected chi connectivity index (χ1v) is 7.37. The third-order valence-electron chi connectivity index (χ3n) is 2.51. The third-order valence-corrected chi connectivity index (χ3v) is 4.11. The predicted octanol–water partition coefficient (Wildman–Crippen LogP) is 2.84. The van der Waals surface area contributed by atoms with Crippen molar-refractivity contribution < 1.29 is 18.3 Å². The summed E-state index contributed by atoms with van der Waals surface area (Å²) in [5, 5.41) is 9.30. The summed E-state index contributed by atoms with van der Waals surface area (Å²) in [6.07, 6.45) is 0. The lowest BCUT2D eigenvalue weighted by atomic mass is 10.2. The average Bonchev–Trinajstić information content (AvgIpc) is 2.38. The van der Waals surface area contributed by atoms with Crippen LogP contribution in [0.4, 0.5) is 5.69 Å². The fraction of sp³-hybridized carbons (Fsp3) is 0. The van der Waals surface area contributed by atoms with Crippen LogP contribution >= 0.6 is 11.6 Å².